The summed E-state index contributed by atoms with van der Waals surface area (Å²) >= 11 is 0. The lowest BCUT2D eigenvalue weighted by molar-refractivity contribution is 0.0784. The fourth-order valence-corrected chi connectivity index (χ4v) is 3.34. The second-order valence-electron chi connectivity index (χ2n) is 7.36. The molecule has 1 aliphatic carbocycles. The number of anilines is 1. The zero-order valence-electron chi connectivity index (χ0n) is 15.3. The van der Waals surface area contributed by atoms with Crippen LogP contribution in [0.1, 0.15) is 58.9 Å². The first kappa shape index (κ1) is 16.8. The fraction of sp³-hybridized carbons (Fsp3) is 0.556. The van der Waals surface area contributed by atoms with E-state index in [1.807, 2.05) is 14.1 Å². The largest absolute Gasteiger partial charge is 0.445 e. The van der Waals surface area contributed by atoms with Gasteiger partial charge < -0.3 is 14.2 Å². The van der Waals surface area contributed by atoms with Gasteiger partial charge in [-0.2, -0.15) is 0 Å². The van der Waals surface area contributed by atoms with Crippen LogP contribution in [0.25, 0.3) is 0 Å². The van der Waals surface area contributed by atoms with Crippen LogP contribution < -0.4 is 10.5 Å². The van der Waals surface area contributed by atoms with Crippen molar-refractivity contribution in [1.82, 2.24) is 19.9 Å². The number of H-pyrrole nitrogens is 1. The maximum atomic E-state index is 12.8. The van der Waals surface area contributed by atoms with E-state index < -0.39 is 0 Å². The van der Waals surface area contributed by atoms with Gasteiger partial charge in [-0.1, -0.05) is 0 Å². The van der Waals surface area contributed by atoms with Crippen molar-refractivity contribution < 1.29 is 9.21 Å². The molecule has 0 aromatic carbocycles. The quantitative estimate of drug-likeness (QED) is 0.894. The van der Waals surface area contributed by atoms with Crippen molar-refractivity contribution in [3.8, 4) is 0 Å². The number of aromatic nitrogens is 3. The molecule has 1 atom stereocenters. The number of likely N-dealkylation sites (tertiary alicyclic amines) is 1. The van der Waals surface area contributed by atoms with Gasteiger partial charge in [-0.05, 0) is 26.2 Å². The standard InChI is InChI=1S/C18H23N5O3/c1-10-15(21-16(26-10)11-4-5-11)17(25)23-7-6-12(9-23)13-8-14(24)20-18(19-13)22(2)3/h8,11-12H,4-7,9H2,1-3H3,(H,19,20,24). The van der Waals surface area contributed by atoms with Crippen LogP contribution in [0.5, 0.6) is 0 Å². The number of carbonyl (C=O) groups is 1. The summed E-state index contributed by atoms with van der Waals surface area (Å²) in [5.74, 6) is 2.14. The predicted octanol–water partition coefficient (Wildman–Crippen LogP) is 1.64. The Bertz CT molecular complexity index is 896. The molecule has 8 heteroatoms. The summed E-state index contributed by atoms with van der Waals surface area (Å²) in [6.07, 6.45) is 2.95. The molecule has 2 aromatic rings. The molecule has 0 spiro atoms. The summed E-state index contributed by atoms with van der Waals surface area (Å²) in [5.41, 5.74) is 0.966. The first-order valence-electron chi connectivity index (χ1n) is 8.97. The Morgan fingerprint density at radius 3 is 2.73 bits per heavy atom. The van der Waals surface area contributed by atoms with Crippen LogP contribution in [0.2, 0.25) is 0 Å². The highest BCUT2D eigenvalue weighted by Crippen LogP contribution is 2.40. The second-order valence-corrected chi connectivity index (χ2v) is 7.36. The van der Waals surface area contributed by atoms with Crippen LogP contribution in [-0.2, 0) is 0 Å². The molecule has 8 nitrogen and oxygen atoms in total. The average molecular weight is 357 g/mol. The van der Waals surface area contributed by atoms with E-state index in [0.29, 0.717) is 42.3 Å². The van der Waals surface area contributed by atoms with E-state index in [0.717, 1.165) is 25.0 Å². The van der Waals surface area contributed by atoms with Crippen molar-refractivity contribution in [2.24, 2.45) is 0 Å². The van der Waals surface area contributed by atoms with Crippen molar-refractivity contribution in [3.05, 3.63) is 39.5 Å². The van der Waals surface area contributed by atoms with Crippen molar-refractivity contribution in [2.45, 2.75) is 38.0 Å². The summed E-state index contributed by atoms with van der Waals surface area (Å²) in [6.45, 7) is 2.95. The van der Waals surface area contributed by atoms with Gasteiger partial charge in [0, 0.05) is 45.1 Å². The van der Waals surface area contributed by atoms with Crippen LogP contribution in [0.4, 0.5) is 5.95 Å². The summed E-state index contributed by atoms with van der Waals surface area (Å²) in [6, 6.07) is 1.53. The molecule has 0 radical (unpaired) electrons. The van der Waals surface area contributed by atoms with E-state index in [4.69, 9.17) is 4.42 Å². The second kappa shape index (κ2) is 6.26. The Morgan fingerprint density at radius 1 is 1.27 bits per heavy atom. The van der Waals surface area contributed by atoms with Gasteiger partial charge in [0.15, 0.2) is 11.6 Å². The number of aryl methyl sites for hydroxylation is 1. The zero-order valence-corrected chi connectivity index (χ0v) is 15.3. The number of rotatable bonds is 4. The number of nitrogens with one attached hydrogen (secondary N) is 1. The van der Waals surface area contributed by atoms with Gasteiger partial charge in [0.25, 0.3) is 11.5 Å². The summed E-state index contributed by atoms with van der Waals surface area (Å²) in [5, 5.41) is 0. The third-order valence-electron chi connectivity index (χ3n) is 5.01. The SMILES string of the molecule is Cc1oc(C2CC2)nc1C(=O)N1CCC(c2cc(=O)[nH]c(N(C)C)n2)C1. The lowest BCUT2D eigenvalue weighted by Gasteiger charge is -2.16. The highest BCUT2D eigenvalue weighted by Gasteiger charge is 2.34. The Labute approximate surface area is 151 Å². The van der Waals surface area contributed by atoms with E-state index in [9.17, 15) is 9.59 Å². The number of nitrogens with zero attached hydrogens (tertiary/aromatic N) is 4. The van der Waals surface area contributed by atoms with Crippen LogP contribution >= 0.6 is 0 Å². The smallest absolute Gasteiger partial charge is 0.276 e. The Balaban J connectivity index is 1.51. The summed E-state index contributed by atoms with van der Waals surface area (Å²) < 4.78 is 5.67. The predicted molar refractivity (Wildman–Crippen MR) is 95.7 cm³/mol. The molecule has 1 saturated carbocycles. The van der Waals surface area contributed by atoms with Gasteiger partial charge in [0.05, 0.1) is 5.69 Å². The minimum absolute atomic E-state index is 0.0510. The topological polar surface area (TPSA) is 95.3 Å². The van der Waals surface area contributed by atoms with Crippen molar-refractivity contribution in [2.75, 3.05) is 32.1 Å². The van der Waals surface area contributed by atoms with Gasteiger partial charge in [-0.3, -0.25) is 14.6 Å². The lowest BCUT2D eigenvalue weighted by Crippen LogP contribution is -2.29. The molecule has 1 aliphatic heterocycles. The summed E-state index contributed by atoms with van der Waals surface area (Å²) in [7, 11) is 3.66. The van der Waals surface area contributed by atoms with Crippen LogP contribution in [0.3, 0.4) is 0 Å². The fourth-order valence-electron chi connectivity index (χ4n) is 3.34. The van der Waals surface area contributed by atoms with E-state index in [1.54, 1.807) is 16.7 Å². The van der Waals surface area contributed by atoms with Gasteiger partial charge in [0.2, 0.25) is 5.95 Å². The normalized spacial score (nSPS) is 19.8. The number of carbonyl (C=O) groups excluding carboxylic acids is 1. The molecule has 1 amide bonds. The Kier molecular flexibility index (Phi) is 4.05. The number of oxazole rings is 1. The minimum atomic E-state index is -0.176. The maximum Gasteiger partial charge on any atom is 0.276 e. The highest BCUT2D eigenvalue weighted by atomic mass is 16.4. The van der Waals surface area contributed by atoms with Gasteiger partial charge >= 0.3 is 0 Å². The van der Waals surface area contributed by atoms with Crippen molar-refractivity contribution in [3.63, 3.8) is 0 Å². The minimum Gasteiger partial charge on any atom is -0.445 e. The monoisotopic (exact) mass is 357 g/mol. The first-order valence-corrected chi connectivity index (χ1v) is 8.97. The highest BCUT2D eigenvalue weighted by molar-refractivity contribution is 5.93. The third-order valence-corrected chi connectivity index (χ3v) is 5.01. The lowest BCUT2D eigenvalue weighted by atomic mass is 10.1. The molecule has 2 aliphatic rings. The van der Waals surface area contributed by atoms with Crippen molar-refractivity contribution >= 4 is 11.9 Å². The molecule has 1 unspecified atom stereocenters. The van der Waals surface area contributed by atoms with Crippen LogP contribution in [0.15, 0.2) is 15.3 Å². The molecule has 1 N–H and O–H groups in total. The van der Waals surface area contributed by atoms with Gasteiger partial charge in [0.1, 0.15) is 5.76 Å². The first-order chi connectivity index (χ1) is 12.4. The van der Waals surface area contributed by atoms with Crippen molar-refractivity contribution in [1.29, 1.82) is 0 Å². The van der Waals surface area contributed by atoms with E-state index in [1.165, 1.54) is 6.07 Å². The number of hydrogen-bond acceptors (Lipinski definition) is 6. The van der Waals surface area contributed by atoms with Crippen LogP contribution in [-0.4, -0.2) is 52.9 Å². The van der Waals surface area contributed by atoms with E-state index in [2.05, 4.69) is 15.0 Å². The molecule has 4 rings (SSSR count). The Morgan fingerprint density at radius 2 is 2.04 bits per heavy atom. The molecule has 2 fully saturated rings. The average Bonchev–Trinajstić information content (AvgIpc) is 3.20. The van der Waals surface area contributed by atoms with Crippen LogP contribution in [0, 0.1) is 6.92 Å². The molecular formula is C18H23N5O3. The summed E-state index contributed by atoms with van der Waals surface area (Å²) in [4.78, 5) is 40.0. The van der Waals surface area contributed by atoms with Gasteiger partial charge in [-0.25, -0.2) is 9.97 Å². The molecule has 26 heavy (non-hydrogen) atoms. The Hall–Kier alpha value is -2.64. The molecule has 3 heterocycles. The number of aromatic amines is 1. The maximum absolute atomic E-state index is 12.8. The zero-order chi connectivity index (χ0) is 18.4. The third kappa shape index (κ3) is 3.11. The number of hydrogen-bond donors (Lipinski definition) is 1. The molecular weight excluding hydrogens is 334 g/mol. The van der Waals surface area contributed by atoms with Gasteiger partial charge in [-0.15, -0.1) is 0 Å². The van der Waals surface area contributed by atoms with E-state index in [-0.39, 0.29) is 17.4 Å². The molecule has 0 bridgehead atoms. The molecule has 1 saturated heterocycles. The van der Waals surface area contributed by atoms with E-state index >= 15 is 0 Å². The molecule has 2 aromatic heterocycles. The molecule has 138 valence electrons. The number of amides is 1.